The van der Waals surface area contributed by atoms with E-state index in [2.05, 4.69) is 15.9 Å². The van der Waals surface area contributed by atoms with Crippen LogP contribution in [0.25, 0.3) is 0 Å². The first-order valence-electron chi connectivity index (χ1n) is 6.10. The molecule has 0 aromatic heterocycles. The number of para-hydroxylation sites is 1. The Morgan fingerprint density at radius 3 is 2.37 bits per heavy atom. The van der Waals surface area contributed by atoms with Crippen molar-refractivity contribution in [2.45, 2.75) is 13.8 Å². The molecule has 0 saturated heterocycles. The molecule has 2 aromatic rings. The van der Waals surface area contributed by atoms with Crippen molar-refractivity contribution in [3.63, 3.8) is 0 Å². The summed E-state index contributed by atoms with van der Waals surface area (Å²) in [4.78, 5) is 14.2. The van der Waals surface area contributed by atoms with Crippen LogP contribution in [0.4, 0.5) is 5.69 Å². The SMILES string of the molecule is Cc1cc(C(=O)N(C)c2ccccc2C)ccc1Br. The third-order valence-electron chi connectivity index (χ3n) is 3.19. The summed E-state index contributed by atoms with van der Waals surface area (Å²) in [6, 6.07) is 13.5. The fourth-order valence-corrected chi connectivity index (χ4v) is 2.27. The van der Waals surface area contributed by atoms with Gasteiger partial charge in [0.1, 0.15) is 0 Å². The van der Waals surface area contributed by atoms with Crippen molar-refractivity contribution in [3.05, 3.63) is 63.6 Å². The monoisotopic (exact) mass is 317 g/mol. The van der Waals surface area contributed by atoms with E-state index in [0.29, 0.717) is 5.56 Å². The highest BCUT2D eigenvalue weighted by Crippen LogP contribution is 2.22. The van der Waals surface area contributed by atoms with E-state index in [0.717, 1.165) is 21.3 Å². The molecule has 0 heterocycles. The summed E-state index contributed by atoms with van der Waals surface area (Å²) in [7, 11) is 1.81. The highest BCUT2D eigenvalue weighted by Gasteiger charge is 2.15. The fourth-order valence-electron chi connectivity index (χ4n) is 2.02. The third kappa shape index (κ3) is 2.87. The zero-order valence-electron chi connectivity index (χ0n) is 11.3. The molecule has 0 atom stereocenters. The number of hydrogen-bond donors (Lipinski definition) is 0. The fraction of sp³-hybridized carbons (Fsp3) is 0.188. The Bertz CT molecular complexity index is 622. The number of carbonyl (C=O) groups is 1. The molecule has 1 amide bonds. The van der Waals surface area contributed by atoms with Crippen LogP contribution in [0.2, 0.25) is 0 Å². The lowest BCUT2D eigenvalue weighted by Crippen LogP contribution is -2.26. The molecule has 0 N–H and O–H groups in total. The summed E-state index contributed by atoms with van der Waals surface area (Å²) in [6.07, 6.45) is 0. The highest BCUT2D eigenvalue weighted by atomic mass is 79.9. The number of aryl methyl sites for hydroxylation is 2. The van der Waals surface area contributed by atoms with Gasteiger partial charge in [-0.2, -0.15) is 0 Å². The van der Waals surface area contributed by atoms with Crippen molar-refractivity contribution in [1.82, 2.24) is 0 Å². The molecule has 0 aliphatic rings. The lowest BCUT2D eigenvalue weighted by molar-refractivity contribution is 0.0993. The van der Waals surface area contributed by atoms with E-state index in [-0.39, 0.29) is 5.91 Å². The second-order valence-corrected chi connectivity index (χ2v) is 5.47. The van der Waals surface area contributed by atoms with E-state index in [1.807, 2.05) is 63.4 Å². The molecule has 0 radical (unpaired) electrons. The Morgan fingerprint density at radius 2 is 1.74 bits per heavy atom. The standard InChI is InChI=1S/C16H16BrNO/c1-11-6-4-5-7-15(11)18(3)16(19)13-8-9-14(17)12(2)10-13/h4-10H,1-3H3. The third-order valence-corrected chi connectivity index (χ3v) is 4.08. The van der Waals surface area contributed by atoms with Gasteiger partial charge in [-0.1, -0.05) is 34.1 Å². The van der Waals surface area contributed by atoms with Crippen molar-refractivity contribution >= 4 is 27.5 Å². The Morgan fingerprint density at radius 1 is 1.05 bits per heavy atom. The van der Waals surface area contributed by atoms with Gasteiger partial charge in [-0.15, -0.1) is 0 Å². The van der Waals surface area contributed by atoms with Gasteiger partial charge in [0.05, 0.1) is 0 Å². The smallest absolute Gasteiger partial charge is 0.258 e. The second kappa shape index (κ2) is 5.57. The zero-order chi connectivity index (χ0) is 14.0. The Kier molecular flexibility index (Phi) is 4.05. The van der Waals surface area contributed by atoms with Crippen LogP contribution in [0.5, 0.6) is 0 Å². The minimum Gasteiger partial charge on any atom is -0.311 e. The molecule has 19 heavy (non-hydrogen) atoms. The first kappa shape index (κ1) is 13.8. The summed E-state index contributed by atoms with van der Waals surface area (Å²) in [6.45, 7) is 3.99. The molecule has 0 unspecified atom stereocenters. The van der Waals surface area contributed by atoms with E-state index in [1.165, 1.54) is 0 Å². The average molecular weight is 318 g/mol. The summed E-state index contributed by atoms with van der Waals surface area (Å²) < 4.78 is 1.02. The van der Waals surface area contributed by atoms with Gasteiger partial charge < -0.3 is 4.90 Å². The molecule has 3 heteroatoms. The van der Waals surface area contributed by atoms with Crippen LogP contribution in [-0.4, -0.2) is 13.0 Å². The molecule has 0 spiro atoms. The molecule has 0 aliphatic heterocycles. The van der Waals surface area contributed by atoms with E-state index in [1.54, 1.807) is 4.90 Å². The van der Waals surface area contributed by atoms with Gasteiger partial charge in [-0.05, 0) is 49.2 Å². The molecule has 0 fully saturated rings. The molecule has 98 valence electrons. The molecule has 0 bridgehead atoms. The van der Waals surface area contributed by atoms with Crippen molar-refractivity contribution < 1.29 is 4.79 Å². The first-order chi connectivity index (χ1) is 9.00. The summed E-state index contributed by atoms with van der Waals surface area (Å²) >= 11 is 3.45. The van der Waals surface area contributed by atoms with Gasteiger partial charge in [-0.25, -0.2) is 0 Å². The van der Waals surface area contributed by atoms with E-state index in [4.69, 9.17) is 0 Å². The highest BCUT2D eigenvalue weighted by molar-refractivity contribution is 9.10. The largest absolute Gasteiger partial charge is 0.311 e. The molecule has 2 rings (SSSR count). The van der Waals surface area contributed by atoms with Crippen LogP contribution >= 0.6 is 15.9 Å². The molecular weight excluding hydrogens is 302 g/mol. The average Bonchev–Trinajstić information content (AvgIpc) is 2.41. The number of carbonyl (C=O) groups excluding carboxylic acids is 1. The van der Waals surface area contributed by atoms with E-state index in [9.17, 15) is 4.79 Å². The lowest BCUT2D eigenvalue weighted by Gasteiger charge is -2.19. The molecular formula is C16H16BrNO. The van der Waals surface area contributed by atoms with Crippen molar-refractivity contribution in [2.24, 2.45) is 0 Å². The number of nitrogens with zero attached hydrogens (tertiary/aromatic N) is 1. The van der Waals surface area contributed by atoms with Crippen LogP contribution in [0.1, 0.15) is 21.5 Å². The van der Waals surface area contributed by atoms with Crippen LogP contribution in [0.3, 0.4) is 0 Å². The van der Waals surface area contributed by atoms with Crippen molar-refractivity contribution in [3.8, 4) is 0 Å². The Hall–Kier alpha value is -1.61. The summed E-state index contributed by atoms with van der Waals surface area (Å²) in [5.74, 6) is 0.00454. The summed E-state index contributed by atoms with van der Waals surface area (Å²) in [5.41, 5.74) is 3.79. The number of anilines is 1. The van der Waals surface area contributed by atoms with Gasteiger partial charge in [-0.3, -0.25) is 4.79 Å². The van der Waals surface area contributed by atoms with Crippen molar-refractivity contribution in [2.75, 3.05) is 11.9 Å². The summed E-state index contributed by atoms with van der Waals surface area (Å²) in [5, 5.41) is 0. The maximum Gasteiger partial charge on any atom is 0.258 e. The topological polar surface area (TPSA) is 20.3 Å². The quantitative estimate of drug-likeness (QED) is 0.806. The van der Waals surface area contributed by atoms with Crippen molar-refractivity contribution in [1.29, 1.82) is 0 Å². The number of amides is 1. The predicted molar refractivity (Wildman–Crippen MR) is 82.8 cm³/mol. The zero-order valence-corrected chi connectivity index (χ0v) is 12.9. The number of rotatable bonds is 2. The molecule has 2 nitrogen and oxygen atoms in total. The first-order valence-corrected chi connectivity index (χ1v) is 6.90. The molecule has 0 saturated carbocycles. The second-order valence-electron chi connectivity index (χ2n) is 4.61. The van der Waals surface area contributed by atoms with E-state index < -0.39 is 0 Å². The van der Waals surface area contributed by atoms with Crippen LogP contribution < -0.4 is 4.90 Å². The number of benzene rings is 2. The van der Waals surface area contributed by atoms with Gasteiger partial charge in [0.25, 0.3) is 5.91 Å². The predicted octanol–water partition coefficient (Wildman–Crippen LogP) is 4.34. The number of hydrogen-bond acceptors (Lipinski definition) is 1. The minimum atomic E-state index is 0.00454. The van der Waals surface area contributed by atoms with Crippen LogP contribution in [-0.2, 0) is 0 Å². The van der Waals surface area contributed by atoms with Crippen LogP contribution in [0.15, 0.2) is 46.9 Å². The van der Waals surface area contributed by atoms with E-state index >= 15 is 0 Å². The Labute approximate surface area is 122 Å². The number of halogens is 1. The van der Waals surface area contributed by atoms with Gasteiger partial charge in [0.15, 0.2) is 0 Å². The Balaban J connectivity index is 2.34. The van der Waals surface area contributed by atoms with Gasteiger partial charge in [0.2, 0.25) is 0 Å². The molecule has 0 aliphatic carbocycles. The van der Waals surface area contributed by atoms with Gasteiger partial charge >= 0.3 is 0 Å². The minimum absolute atomic E-state index is 0.00454. The van der Waals surface area contributed by atoms with Gasteiger partial charge in [0, 0.05) is 22.8 Å². The normalized spacial score (nSPS) is 10.3. The molecule has 2 aromatic carbocycles. The maximum atomic E-state index is 12.5. The maximum absolute atomic E-state index is 12.5. The lowest BCUT2D eigenvalue weighted by atomic mass is 10.1. The van der Waals surface area contributed by atoms with Crippen LogP contribution in [0, 0.1) is 13.8 Å².